The number of hydrogen-bond donors (Lipinski definition) is 1. The summed E-state index contributed by atoms with van der Waals surface area (Å²) in [6.07, 6.45) is 1.18. The van der Waals surface area contributed by atoms with Gasteiger partial charge in [0.05, 0.1) is 18.3 Å². The Morgan fingerprint density at radius 1 is 1.50 bits per heavy atom. The van der Waals surface area contributed by atoms with Gasteiger partial charge in [0.2, 0.25) is 0 Å². The molecule has 0 bridgehead atoms. The molecule has 0 aromatic heterocycles. The van der Waals surface area contributed by atoms with E-state index in [1.165, 1.54) is 6.07 Å². The van der Waals surface area contributed by atoms with Crippen molar-refractivity contribution in [1.82, 2.24) is 0 Å². The Kier molecular flexibility index (Phi) is 3.00. The average molecular weight is 224 g/mol. The van der Waals surface area contributed by atoms with Gasteiger partial charge < -0.3 is 9.84 Å². The highest BCUT2D eigenvalue weighted by molar-refractivity contribution is 5.29. The molecule has 1 fully saturated rings. The fourth-order valence-electron chi connectivity index (χ4n) is 2.26. The summed E-state index contributed by atoms with van der Waals surface area (Å²) < 4.78 is 18.6. The van der Waals surface area contributed by atoms with Crippen LogP contribution in [0.3, 0.4) is 0 Å². The molecule has 0 aliphatic carbocycles. The lowest BCUT2D eigenvalue weighted by Gasteiger charge is -2.36. The second-order valence-corrected chi connectivity index (χ2v) is 4.63. The first-order valence-corrected chi connectivity index (χ1v) is 5.62. The minimum absolute atomic E-state index is 0.0455. The maximum atomic E-state index is 13.2. The van der Waals surface area contributed by atoms with Crippen LogP contribution in [0.5, 0.6) is 0 Å². The molecule has 88 valence electrons. The highest BCUT2D eigenvalue weighted by Gasteiger charge is 2.35. The van der Waals surface area contributed by atoms with E-state index in [1.807, 2.05) is 6.92 Å². The summed E-state index contributed by atoms with van der Waals surface area (Å²) in [7, 11) is 0. The molecule has 16 heavy (non-hydrogen) atoms. The molecule has 1 aliphatic rings. The fourth-order valence-corrected chi connectivity index (χ4v) is 2.26. The van der Waals surface area contributed by atoms with Gasteiger partial charge in [-0.25, -0.2) is 4.39 Å². The van der Waals surface area contributed by atoms with Crippen LogP contribution in [0.1, 0.15) is 30.9 Å². The second kappa shape index (κ2) is 4.15. The van der Waals surface area contributed by atoms with E-state index >= 15 is 0 Å². The van der Waals surface area contributed by atoms with Gasteiger partial charge in [-0.1, -0.05) is 12.1 Å². The number of aliphatic hydroxyl groups is 1. The summed E-state index contributed by atoms with van der Waals surface area (Å²) in [4.78, 5) is 0. The van der Waals surface area contributed by atoms with E-state index in [2.05, 4.69) is 0 Å². The molecule has 2 unspecified atom stereocenters. The van der Waals surface area contributed by atoms with Gasteiger partial charge in [-0.2, -0.15) is 0 Å². The standard InChI is InChI=1S/C13H17FO2/c1-9-7-11(3-4-12(9)14)13(15)5-6-16-10(2)8-13/h3-4,7,10,15H,5-6,8H2,1-2H3. The lowest BCUT2D eigenvalue weighted by Crippen LogP contribution is -2.37. The molecule has 0 radical (unpaired) electrons. The average Bonchev–Trinajstić information content (AvgIpc) is 2.21. The highest BCUT2D eigenvalue weighted by atomic mass is 19.1. The summed E-state index contributed by atoms with van der Waals surface area (Å²) in [6, 6.07) is 4.82. The molecule has 1 N–H and O–H groups in total. The van der Waals surface area contributed by atoms with Crippen molar-refractivity contribution < 1.29 is 14.2 Å². The van der Waals surface area contributed by atoms with Crippen LogP contribution in [0.15, 0.2) is 18.2 Å². The van der Waals surface area contributed by atoms with Gasteiger partial charge in [0.15, 0.2) is 0 Å². The quantitative estimate of drug-likeness (QED) is 0.794. The zero-order valence-electron chi connectivity index (χ0n) is 9.66. The van der Waals surface area contributed by atoms with Gasteiger partial charge in [0.25, 0.3) is 0 Å². The van der Waals surface area contributed by atoms with Gasteiger partial charge in [0.1, 0.15) is 5.82 Å². The van der Waals surface area contributed by atoms with Gasteiger partial charge >= 0.3 is 0 Å². The Labute approximate surface area is 95.1 Å². The van der Waals surface area contributed by atoms with Crippen LogP contribution in [-0.4, -0.2) is 17.8 Å². The van der Waals surface area contributed by atoms with Crippen LogP contribution >= 0.6 is 0 Å². The molecule has 1 heterocycles. The third kappa shape index (κ3) is 2.11. The Morgan fingerprint density at radius 2 is 2.25 bits per heavy atom. The third-order valence-corrected chi connectivity index (χ3v) is 3.24. The molecule has 0 saturated carbocycles. The third-order valence-electron chi connectivity index (χ3n) is 3.24. The van der Waals surface area contributed by atoms with E-state index in [-0.39, 0.29) is 11.9 Å². The Bertz CT molecular complexity index is 392. The summed E-state index contributed by atoms with van der Waals surface area (Å²) in [6.45, 7) is 4.21. The number of aryl methyl sites for hydroxylation is 1. The SMILES string of the molecule is Cc1cc(C2(O)CCOC(C)C2)ccc1F. The van der Waals surface area contributed by atoms with Crippen molar-refractivity contribution in [2.45, 2.75) is 38.4 Å². The van der Waals surface area contributed by atoms with Crippen molar-refractivity contribution in [3.8, 4) is 0 Å². The minimum atomic E-state index is -0.865. The minimum Gasteiger partial charge on any atom is -0.385 e. The zero-order valence-corrected chi connectivity index (χ0v) is 9.66. The maximum absolute atomic E-state index is 13.2. The van der Waals surface area contributed by atoms with Crippen molar-refractivity contribution in [3.05, 3.63) is 35.1 Å². The summed E-state index contributed by atoms with van der Waals surface area (Å²) in [5.41, 5.74) is 0.502. The number of ether oxygens (including phenoxy) is 1. The van der Waals surface area contributed by atoms with Crippen LogP contribution in [0.2, 0.25) is 0 Å². The summed E-state index contributed by atoms with van der Waals surface area (Å²) in [5.74, 6) is -0.229. The van der Waals surface area contributed by atoms with Crippen molar-refractivity contribution >= 4 is 0 Å². The molecule has 0 amide bonds. The van der Waals surface area contributed by atoms with Gasteiger partial charge in [-0.15, -0.1) is 0 Å². The molecule has 1 aromatic carbocycles. The molecule has 3 heteroatoms. The maximum Gasteiger partial charge on any atom is 0.126 e. The Morgan fingerprint density at radius 3 is 2.88 bits per heavy atom. The van der Waals surface area contributed by atoms with Gasteiger partial charge in [0, 0.05) is 12.8 Å². The van der Waals surface area contributed by atoms with Crippen LogP contribution in [0.25, 0.3) is 0 Å². The number of rotatable bonds is 1. The molecule has 1 aliphatic heterocycles. The van der Waals surface area contributed by atoms with Crippen molar-refractivity contribution in [2.24, 2.45) is 0 Å². The largest absolute Gasteiger partial charge is 0.385 e. The van der Waals surface area contributed by atoms with Crippen LogP contribution in [0.4, 0.5) is 4.39 Å². The lowest BCUT2D eigenvalue weighted by atomic mass is 9.83. The topological polar surface area (TPSA) is 29.5 Å². The lowest BCUT2D eigenvalue weighted by molar-refractivity contribution is -0.101. The predicted molar refractivity (Wildman–Crippen MR) is 59.7 cm³/mol. The van der Waals surface area contributed by atoms with Crippen molar-refractivity contribution in [2.75, 3.05) is 6.61 Å². The van der Waals surface area contributed by atoms with Crippen molar-refractivity contribution in [3.63, 3.8) is 0 Å². The van der Waals surface area contributed by atoms with E-state index in [0.29, 0.717) is 25.0 Å². The van der Waals surface area contributed by atoms with Gasteiger partial charge in [-0.3, -0.25) is 0 Å². The smallest absolute Gasteiger partial charge is 0.126 e. The van der Waals surface area contributed by atoms with E-state index in [1.54, 1.807) is 19.1 Å². The zero-order chi connectivity index (χ0) is 11.8. The van der Waals surface area contributed by atoms with Crippen LogP contribution < -0.4 is 0 Å². The highest BCUT2D eigenvalue weighted by Crippen LogP contribution is 2.35. The Hall–Kier alpha value is -0.930. The molecule has 0 spiro atoms. The first kappa shape index (κ1) is 11.6. The van der Waals surface area contributed by atoms with E-state index < -0.39 is 5.60 Å². The predicted octanol–water partition coefficient (Wildman–Crippen LogP) is 2.52. The van der Waals surface area contributed by atoms with E-state index in [0.717, 1.165) is 5.56 Å². The monoisotopic (exact) mass is 224 g/mol. The molecule has 1 saturated heterocycles. The molecule has 2 nitrogen and oxygen atoms in total. The summed E-state index contributed by atoms with van der Waals surface area (Å²) in [5, 5.41) is 10.5. The molecule has 1 aromatic rings. The normalized spacial score (nSPS) is 30.4. The Balaban J connectivity index is 2.31. The first-order valence-electron chi connectivity index (χ1n) is 5.62. The van der Waals surface area contributed by atoms with E-state index in [4.69, 9.17) is 4.74 Å². The fraction of sp³-hybridized carbons (Fsp3) is 0.538. The first-order chi connectivity index (χ1) is 7.51. The van der Waals surface area contributed by atoms with Gasteiger partial charge in [-0.05, 0) is 31.0 Å². The number of benzene rings is 1. The summed E-state index contributed by atoms with van der Waals surface area (Å²) >= 11 is 0. The second-order valence-electron chi connectivity index (χ2n) is 4.63. The number of halogens is 1. The van der Waals surface area contributed by atoms with E-state index in [9.17, 15) is 9.50 Å². The van der Waals surface area contributed by atoms with Crippen LogP contribution in [0, 0.1) is 12.7 Å². The van der Waals surface area contributed by atoms with Crippen molar-refractivity contribution in [1.29, 1.82) is 0 Å². The molecular formula is C13H17FO2. The molecule has 2 rings (SSSR count). The number of hydrogen-bond acceptors (Lipinski definition) is 2. The van der Waals surface area contributed by atoms with Crippen LogP contribution in [-0.2, 0) is 10.3 Å². The molecular weight excluding hydrogens is 207 g/mol. The molecule has 2 atom stereocenters.